The van der Waals surface area contributed by atoms with E-state index < -0.39 is 17.6 Å². The second kappa shape index (κ2) is 10.8. The molecule has 2 fully saturated rings. The summed E-state index contributed by atoms with van der Waals surface area (Å²) in [6, 6.07) is 9.24. The number of hydrogen-bond donors (Lipinski definition) is 2. The zero-order valence-electron chi connectivity index (χ0n) is 19.9. The highest BCUT2D eigenvalue weighted by molar-refractivity contribution is 5.97. The van der Waals surface area contributed by atoms with E-state index in [0.717, 1.165) is 49.7 Å². The summed E-state index contributed by atoms with van der Waals surface area (Å²) >= 11 is 0. The summed E-state index contributed by atoms with van der Waals surface area (Å²) in [7, 11) is 2.05. The van der Waals surface area contributed by atoms with Gasteiger partial charge in [-0.1, -0.05) is 12.5 Å². The van der Waals surface area contributed by atoms with Gasteiger partial charge in [-0.15, -0.1) is 0 Å². The topological polar surface area (TPSA) is 103 Å². The number of aliphatic hydroxyl groups is 2. The van der Waals surface area contributed by atoms with Crippen LogP contribution in [0.4, 0.5) is 0 Å². The maximum Gasteiger partial charge on any atom is 0.312 e. The van der Waals surface area contributed by atoms with Crippen molar-refractivity contribution in [1.82, 2.24) is 14.8 Å². The minimum absolute atomic E-state index is 0.108. The molecule has 8 heteroatoms. The summed E-state index contributed by atoms with van der Waals surface area (Å²) in [4.78, 5) is 34.7. The Morgan fingerprint density at radius 1 is 1.06 bits per heavy atom. The van der Waals surface area contributed by atoms with Crippen molar-refractivity contribution >= 4 is 22.8 Å². The molecule has 184 valence electrons. The molecule has 3 heterocycles. The number of amides is 1. The number of piperidine rings is 1. The van der Waals surface area contributed by atoms with E-state index in [-0.39, 0.29) is 24.9 Å². The van der Waals surface area contributed by atoms with Crippen LogP contribution in [0.5, 0.6) is 0 Å². The number of rotatable bonds is 1. The van der Waals surface area contributed by atoms with Crippen LogP contribution in [0, 0.1) is 5.41 Å². The highest BCUT2D eigenvalue weighted by Gasteiger charge is 2.42. The van der Waals surface area contributed by atoms with Crippen molar-refractivity contribution in [1.29, 1.82) is 0 Å². The van der Waals surface area contributed by atoms with Crippen LogP contribution in [-0.4, -0.2) is 88.9 Å². The van der Waals surface area contributed by atoms with E-state index in [1.54, 1.807) is 17.2 Å². The predicted molar refractivity (Wildman–Crippen MR) is 128 cm³/mol. The van der Waals surface area contributed by atoms with Gasteiger partial charge in [0.2, 0.25) is 0 Å². The lowest BCUT2D eigenvalue weighted by molar-refractivity contribution is -0.164. The molecule has 1 aromatic carbocycles. The van der Waals surface area contributed by atoms with Crippen LogP contribution >= 0.6 is 0 Å². The first-order valence-electron chi connectivity index (χ1n) is 12.2. The molecule has 1 aromatic heterocycles. The highest BCUT2D eigenvalue weighted by Crippen LogP contribution is 2.38. The summed E-state index contributed by atoms with van der Waals surface area (Å²) in [6.45, 7) is 2.25. The van der Waals surface area contributed by atoms with E-state index in [1.807, 2.05) is 31.3 Å². The third-order valence-electron chi connectivity index (χ3n) is 7.37. The quantitative estimate of drug-likeness (QED) is 0.618. The molecule has 0 aliphatic carbocycles. The molecular weight excluding hydrogens is 434 g/mol. The molecule has 0 unspecified atom stereocenters. The summed E-state index contributed by atoms with van der Waals surface area (Å²) in [6.07, 6.45) is 3.34. The molecule has 2 N–H and O–H groups in total. The van der Waals surface area contributed by atoms with Crippen molar-refractivity contribution < 1.29 is 24.5 Å². The number of fused-ring (bicyclic) bond motifs is 1. The lowest BCUT2D eigenvalue weighted by Crippen LogP contribution is -2.45. The number of likely N-dealkylation sites (tertiary alicyclic amines) is 1. The van der Waals surface area contributed by atoms with Crippen molar-refractivity contribution in [2.24, 2.45) is 5.41 Å². The summed E-state index contributed by atoms with van der Waals surface area (Å²) in [5.74, 6) is -0.382. The number of carbonyl (C=O) groups is 2. The van der Waals surface area contributed by atoms with E-state index in [9.17, 15) is 19.8 Å². The monoisotopic (exact) mass is 469 g/mol. The van der Waals surface area contributed by atoms with Crippen LogP contribution in [0.2, 0.25) is 0 Å². The number of hydrogen-bond acceptors (Lipinski definition) is 7. The first-order chi connectivity index (χ1) is 16.4. The Hall–Kier alpha value is -2.55. The zero-order chi connectivity index (χ0) is 24.1. The average molecular weight is 470 g/mol. The largest absolute Gasteiger partial charge is 0.462 e. The van der Waals surface area contributed by atoms with Gasteiger partial charge in [0.05, 0.1) is 17.0 Å². The average Bonchev–Trinajstić information content (AvgIpc) is 2.87. The second-order valence-electron chi connectivity index (χ2n) is 9.77. The number of benzene rings is 1. The van der Waals surface area contributed by atoms with Gasteiger partial charge in [-0.05, 0) is 76.5 Å². The van der Waals surface area contributed by atoms with Gasteiger partial charge in [-0.2, -0.15) is 0 Å². The molecule has 0 bridgehead atoms. The molecule has 2 aliphatic heterocycles. The van der Waals surface area contributed by atoms with E-state index in [0.29, 0.717) is 25.1 Å². The molecule has 1 amide bonds. The molecule has 34 heavy (non-hydrogen) atoms. The van der Waals surface area contributed by atoms with Crippen LogP contribution < -0.4 is 0 Å². The molecule has 2 aliphatic rings. The molecule has 2 atom stereocenters. The smallest absolute Gasteiger partial charge is 0.312 e. The van der Waals surface area contributed by atoms with E-state index in [1.165, 1.54) is 0 Å². The summed E-state index contributed by atoms with van der Waals surface area (Å²) in [5.41, 5.74) is 0.839. The Morgan fingerprint density at radius 2 is 1.85 bits per heavy atom. The lowest BCUT2D eigenvalue weighted by atomic mass is 9.74. The maximum atomic E-state index is 13.4. The summed E-state index contributed by atoms with van der Waals surface area (Å²) in [5, 5.41) is 21.8. The van der Waals surface area contributed by atoms with Crippen molar-refractivity contribution in [3.8, 4) is 0 Å². The number of nitrogens with zero attached hydrogens (tertiary/aromatic N) is 3. The fourth-order valence-corrected chi connectivity index (χ4v) is 4.98. The van der Waals surface area contributed by atoms with Crippen LogP contribution in [-0.2, 0) is 9.53 Å². The molecule has 2 aromatic rings. The minimum Gasteiger partial charge on any atom is -0.462 e. The Balaban J connectivity index is 1.51. The van der Waals surface area contributed by atoms with Gasteiger partial charge in [0.25, 0.3) is 5.91 Å². The molecular formula is C26H35N3O5. The number of ether oxygens (including phenoxy) is 1. The fourth-order valence-electron chi connectivity index (χ4n) is 4.98. The Kier molecular flexibility index (Phi) is 7.80. The molecule has 4 rings (SSSR count). The Bertz CT molecular complexity index is 1000. The number of carbonyl (C=O) groups excluding carboxylic acids is 2. The van der Waals surface area contributed by atoms with E-state index >= 15 is 0 Å². The number of esters is 1. The standard InChI is InChI=1S/C26H35N3O5/c1-28-15-10-26(11-16-28)9-2-3-13-29(14-8-22(30)23(31)18-34-25(26)33)24(32)20-6-7-21-19(17-20)5-4-12-27-21/h4-7,12,17,22-23,30-31H,2-3,8-11,13-16,18H2,1H3/t22-,23+/m0/s1. The second-order valence-corrected chi connectivity index (χ2v) is 9.77. The minimum atomic E-state index is -1.18. The maximum absolute atomic E-state index is 13.4. The fraction of sp³-hybridized carbons (Fsp3) is 0.577. The van der Waals surface area contributed by atoms with Crippen molar-refractivity contribution in [2.45, 2.75) is 50.7 Å². The van der Waals surface area contributed by atoms with Gasteiger partial charge in [0.1, 0.15) is 12.7 Å². The normalized spacial score (nSPS) is 25.3. The van der Waals surface area contributed by atoms with Crippen molar-refractivity contribution in [3.05, 3.63) is 42.1 Å². The van der Waals surface area contributed by atoms with Gasteiger partial charge in [-0.3, -0.25) is 14.6 Å². The third-order valence-corrected chi connectivity index (χ3v) is 7.37. The molecule has 0 saturated carbocycles. The van der Waals surface area contributed by atoms with Crippen LogP contribution in [0.25, 0.3) is 10.9 Å². The number of aliphatic hydroxyl groups excluding tert-OH is 2. The van der Waals surface area contributed by atoms with Gasteiger partial charge in [-0.25, -0.2) is 0 Å². The molecule has 8 nitrogen and oxygen atoms in total. The lowest BCUT2D eigenvalue weighted by Gasteiger charge is -2.39. The van der Waals surface area contributed by atoms with Gasteiger partial charge < -0.3 is 24.7 Å². The molecule has 0 radical (unpaired) electrons. The molecule has 1 spiro atoms. The van der Waals surface area contributed by atoms with Crippen LogP contribution in [0.15, 0.2) is 36.5 Å². The third kappa shape index (κ3) is 5.56. The van der Waals surface area contributed by atoms with Gasteiger partial charge in [0.15, 0.2) is 0 Å². The van der Waals surface area contributed by atoms with Crippen LogP contribution in [0.1, 0.15) is 48.9 Å². The number of cyclic esters (lactones) is 1. The first kappa shape index (κ1) is 24.6. The van der Waals surface area contributed by atoms with Crippen molar-refractivity contribution in [2.75, 3.05) is 39.8 Å². The number of pyridine rings is 1. The summed E-state index contributed by atoms with van der Waals surface area (Å²) < 4.78 is 5.50. The van der Waals surface area contributed by atoms with Crippen molar-refractivity contribution in [3.63, 3.8) is 0 Å². The number of aromatic nitrogens is 1. The Labute approximate surface area is 200 Å². The first-order valence-corrected chi connectivity index (χ1v) is 12.2. The van der Waals surface area contributed by atoms with Gasteiger partial charge >= 0.3 is 5.97 Å². The SMILES string of the molecule is CN1CCC2(CCCCN(C(=O)c3ccc4ncccc4c3)CC[C@H](O)[C@H](O)COC2=O)CC1. The van der Waals surface area contributed by atoms with E-state index in [2.05, 4.69) is 9.88 Å². The van der Waals surface area contributed by atoms with Gasteiger partial charge in [0, 0.05) is 30.2 Å². The Morgan fingerprint density at radius 3 is 2.65 bits per heavy atom. The molecule has 2 saturated heterocycles. The van der Waals surface area contributed by atoms with Crippen LogP contribution in [0.3, 0.4) is 0 Å². The predicted octanol–water partition coefficient (Wildman–Crippen LogP) is 2.23. The highest BCUT2D eigenvalue weighted by atomic mass is 16.5. The van der Waals surface area contributed by atoms with E-state index in [4.69, 9.17) is 4.74 Å². The zero-order valence-corrected chi connectivity index (χ0v) is 19.9.